The van der Waals surface area contributed by atoms with Crippen LogP contribution in [0.5, 0.6) is 11.5 Å². The van der Waals surface area contributed by atoms with Gasteiger partial charge in [0.05, 0.1) is 24.3 Å². The molecule has 2 aromatic carbocycles. The summed E-state index contributed by atoms with van der Waals surface area (Å²) in [7, 11) is 0. The van der Waals surface area contributed by atoms with Crippen LogP contribution in [0.4, 0.5) is 0 Å². The Morgan fingerprint density at radius 2 is 1.00 bits per heavy atom. The van der Waals surface area contributed by atoms with Gasteiger partial charge in [-0.3, -0.25) is 0 Å². The molecule has 0 saturated heterocycles. The summed E-state index contributed by atoms with van der Waals surface area (Å²) < 4.78 is 9.79. The van der Waals surface area contributed by atoms with Gasteiger partial charge in [-0.05, 0) is 61.4 Å². The molecule has 7 heteroatoms. The second kappa shape index (κ2) is 14.3. The standard InChI is InChI=1S/2C10H12O3.Ca.2H/c2*1-2-7-13-10(12)8-3-5-9(11)6-4-8;;;/h2*3-6,11H,2,7H2,1H3;;;. The zero-order chi connectivity index (χ0) is 19.4. The molecule has 0 heterocycles. The van der Waals surface area contributed by atoms with Gasteiger partial charge >= 0.3 is 49.7 Å². The van der Waals surface area contributed by atoms with Crippen molar-refractivity contribution in [3.8, 4) is 11.5 Å². The Balaban J connectivity index is 0.000000483. The summed E-state index contributed by atoms with van der Waals surface area (Å²) >= 11 is 0. The fourth-order valence-electron chi connectivity index (χ4n) is 1.75. The predicted molar refractivity (Wildman–Crippen MR) is 106 cm³/mol. The molecule has 0 fully saturated rings. The molecule has 27 heavy (non-hydrogen) atoms. The fourth-order valence-corrected chi connectivity index (χ4v) is 1.75. The summed E-state index contributed by atoms with van der Waals surface area (Å²) in [6, 6.07) is 12.0. The molecule has 0 amide bonds. The first-order valence-electron chi connectivity index (χ1n) is 8.40. The molecule has 0 aliphatic rings. The first kappa shape index (κ1) is 25.2. The van der Waals surface area contributed by atoms with Crippen LogP contribution < -0.4 is 0 Å². The van der Waals surface area contributed by atoms with Gasteiger partial charge in [0.1, 0.15) is 11.5 Å². The summed E-state index contributed by atoms with van der Waals surface area (Å²) in [4.78, 5) is 22.4. The molecule has 144 valence electrons. The number of aromatic hydroxyl groups is 2. The van der Waals surface area contributed by atoms with Gasteiger partial charge < -0.3 is 19.7 Å². The number of ether oxygens (including phenoxy) is 2. The van der Waals surface area contributed by atoms with E-state index < -0.39 is 0 Å². The molecule has 0 spiro atoms. The number of benzene rings is 2. The Morgan fingerprint density at radius 1 is 0.704 bits per heavy atom. The fraction of sp³-hybridized carbons (Fsp3) is 0.300. The van der Waals surface area contributed by atoms with E-state index in [-0.39, 0.29) is 61.2 Å². The molecule has 0 aromatic heterocycles. The topological polar surface area (TPSA) is 93.1 Å². The third kappa shape index (κ3) is 10.2. The van der Waals surface area contributed by atoms with Crippen molar-refractivity contribution in [2.75, 3.05) is 13.2 Å². The van der Waals surface area contributed by atoms with Gasteiger partial charge in [0.25, 0.3) is 0 Å². The molecule has 0 saturated carbocycles. The van der Waals surface area contributed by atoms with Crippen LogP contribution in [0.3, 0.4) is 0 Å². The van der Waals surface area contributed by atoms with E-state index in [0.717, 1.165) is 12.8 Å². The van der Waals surface area contributed by atoms with Crippen molar-refractivity contribution in [2.45, 2.75) is 26.7 Å². The van der Waals surface area contributed by atoms with Crippen LogP contribution in [0.1, 0.15) is 47.4 Å². The van der Waals surface area contributed by atoms with Crippen molar-refractivity contribution in [3.63, 3.8) is 0 Å². The van der Waals surface area contributed by atoms with Crippen LogP contribution in [-0.2, 0) is 9.47 Å². The second-order valence-corrected chi connectivity index (χ2v) is 5.37. The van der Waals surface area contributed by atoms with Gasteiger partial charge in [-0.1, -0.05) is 13.8 Å². The van der Waals surface area contributed by atoms with Gasteiger partial charge in [0.15, 0.2) is 0 Å². The van der Waals surface area contributed by atoms with Gasteiger partial charge in [0, 0.05) is 0 Å². The summed E-state index contributed by atoms with van der Waals surface area (Å²) in [5, 5.41) is 17.9. The number of hydrogen-bond donors (Lipinski definition) is 2. The molecular formula is C20H26CaO6. The van der Waals surface area contributed by atoms with E-state index in [4.69, 9.17) is 19.7 Å². The number of hydrogen-bond acceptors (Lipinski definition) is 6. The van der Waals surface area contributed by atoms with E-state index in [9.17, 15) is 9.59 Å². The maximum atomic E-state index is 11.2. The SMILES string of the molecule is CCCOC(=O)c1ccc(O)cc1.CCCOC(=O)c1ccc(O)cc1.[CaH2]. The first-order valence-corrected chi connectivity index (χ1v) is 8.40. The molecule has 2 aromatic rings. The quantitative estimate of drug-likeness (QED) is 0.570. The van der Waals surface area contributed by atoms with Crippen molar-refractivity contribution >= 4 is 49.7 Å². The van der Waals surface area contributed by atoms with Gasteiger partial charge in [0.2, 0.25) is 0 Å². The molecule has 0 unspecified atom stereocenters. The number of phenolic OH excluding ortho intramolecular Hbond substituents is 2. The molecule has 0 bridgehead atoms. The molecule has 6 nitrogen and oxygen atoms in total. The molecule has 2 N–H and O–H groups in total. The second-order valence-electron chi connectivity index (χ2n) is 5.37. The maximum absolute atomic E-state index is 11.2. The van der Waals surface area contributed by atoms with E-state index in [1.54, 1.807) is 0 Å². The predicted octanol–water partition coefficient (Wildman–Crippen LogP) is 3.00. The first-order chi connectivity index (χ1) is 12.5. The number of carbonyl (C=O) groups is 2. The van der Waals surface area contributed by atoms with E-state index >= 15 is 0 Å². The summed E-state index contributed by atoms with van der Waals surface area (Å²) in [6.07, 6.45) is 1.62. The van der Waals surface area contributed by atoms with Gasteiger partial charge in [-0.15, -0.1) is 0 Å². The molecule has 0 radical (unpaired) electrons. The van der Waals surface area contributed by atoms with Crippen LogP contribution in [0.15, 0.2) is 48.5 Å². The van der Waals surface area contributed by atoms with Crippen molar-refractivity contribution in [1.82, 2.24) is 0 Å². The molecular weight excluding hydrogens is 376 g/mol. The number of carbonyl (C=O) groups excluding carboxylic acids is 2. The molecule has 0 aliphatic heterocycles. The number of phenols is 2. The monoisotopic (exact) mass is 402 g/mol. The minimum atomic E-state index is -0.346. The summed E-state index contributed by atoms with van der Waals surface area (Å²) in [5.74, 6) is -0.400. The zero-order valence-corrected chi connectivity index (χ0v) is 15.0. The van der Waals surface area contributed by atoms with Crippen molar-refractivity contribution in [2.24, 2.45) is 0 Å². The zero-order valence-electron chi connectivity index (χ0n) is 15.0. The minimum absolute atomic E-state index is 0. The third-order valence-corrected chi connectivity index (χ3v) is 3.08. The van der Waals surface area contributed by atoms with Crippen LogP contribution in [0, 0.1) is 0 Å². The Kier molecular flexibility index (Phi) is 13.4. The van der Waals surface area contributed by atoms with E-state index in [2.05, 4.69) is 0 Å². The summed E-state index contributed by atoms with van der Waals surface area (Å²) in [5.41, 5.74) is 0.928. The Bertz CT molecular complexity index is 621. The third-order valence-electron chi connectivity index (χ3n) is 3.08. The van der Waals surface area contributed by atoms with Gasteiger partial charge in [-0.25, -0.2) is 9.59 Å². The average Bonchev–Trinajstić information content (AvgIpc) is 2.66. The average molecular weight is 403 g/mol. The van der Waals surface area contributed by atoms with Crippen molar-refractivity contribution in [3.05, 3.63) is 59.7 Å². The van der Waals surface area contributed by atoms with Crippen LogP contribution in [0.25, 0.3) is 0 Å². The normalized spacial score (nSPS) is 9.26. The van der Waals surface area contributed by atoms with Crippen molar-refractivity contribution < 1.29 is 29.3 Å². The Morgan fingerprint density at radius 3 is 1.26 bits per heavy atom. The molecule has 0 atom stereocenters. The number of esters is 2. The Hall–Kier alpha value is -1.76. The van der Waals surface area contributed by atoms with E-state index in [0.29, 0.717) is 24.3 Å². The van der Waals surface area contributed by atoms with Crippen LogP contribution in [-0.4, -0.2) is 73.1 Å². The van der Waals surface area contributed by atoms with Crippen LogP contribution >= 0.6 is 0 Å². The van der Waals surface area contributed by atoms with Crippen LogP contribution in [0.2, 0.25) is 0 Å². The van der Waals surface area contributed by atoms with Crippen molar-refractivity contribution in [1.29, 1.82) is 0 Å². The van der Waals surface area contributed by atoms with Gasteiger partial charge in [-0.2, -0.15) is 0 Å². The molecule has 2 rings (SSSR count). The van der Waals surface area contributed by atoms with E-state index in [1.165, 1.54) is 48.5 Å². The van der Waals surface area contributed by atoms with E-state index in [1.807, 2.05) is 13.8 Å². The number of rotatable bonds is 6. The Labute approximate surface area is 189 Å². The summed E-state index contributed by atoms with van der Waals surface area (Å²) in [6.45, 7) is 4.73. The molecule has 0 aliphatic carbocycles.